The molecule has 6 heteroatoms. The first-order chi connectivity index (χ1) is 7.13. The Labute approximate surface area is 86.3 Å². The highest BCUT2D eigenvalue weighted by molar-refractivity contribution is 7.47. The van der Waals surface area contributed by atoms with Gasteiger partial charge >= 0.3 is 8.03 Å². The molecular formula is C9H3N3O2P+. The summed E-state index contributed by atoms with van der Waals surface area (Å²) >= 11 is 0. The summed E-state index contributed by atoms with van der Waals surface area (Å²) in [5.41, 5.74) is -0.200. The van der Waals surface area contributed by atoms with Crippen molar-refractivity contribution in [3.8, 4) is 18.2 Å². The van der Waals surface area contributed by atoms with E-state index in [2.05, 4.69) is 0 Å². The molecule has 0 fully saturated rings. The molecule has 1 aromatic carbocycles. The smallest absolute Gasteiger partial charge is 0.192 e. The molecule has 0 amide bonds. The third kappa shape index (κ3) is 1.98. The standard InChI is InChI=1S/C9H2N3O2P/c10-3-6-1-8(15(13)14)2-7(4-11)9(6)5-12/h1-2H/p+1. The maximum Gasteiger partial charge on any atom is 0.546 e. The SMILES string of the molecule is N#Cc1cc([P+](=O)O)cc(C#N)c1C#N. The predicted octanol–water partition coefficient (Wildman–Crippen LogP) is 0.662. The van der Waals surface area contributed by atoms with Crippen LogP contribution in [0.4, 0.5) is 0 Å². The van der Waals surface area contributed by atoms with Crippen molar-refractivity contribution < 1.29 is 9.46 Å². The van der Waals surface area contributed by atoms with Crippen LogP contribution >= 0.6 is 8.03 Å². The van der Waals surface area contributed by atoms with Gasteiger partial charge in [-0.05, 0) is 4.57 Å². The van der Waals surface area contributed by atoms with Gasteiger partial charge in [-0.3, -0.25) is 0 Å². The van der Waals surface area contributed by atoms with Crippen LogP contribution in [-0.4, -0.2) is 4.89 Å². The molecule has 0 heterocycles. The van der Waals surface area contributed by atoms with Crippen LogP contribution in [0, 0.1) is 34.0 Å². The van der Waals surface area contributed by atoms with Crippen molar-refractivity contribution in [1.82, 2.24) is 0 Å². The molecule has 0 aliphatic rings. The van der Waals surface area contributed by atoms with Gasteiger partial charge < -0.3 is 0 Å². The van der Waals surface area contributed by atoms with Gasteiger partial charge in [-0.25, -0.2) is 0 Å². The number of benzene rings is 1. The van der Waals surface area contributed by atoms with E-state index in [1.807, 2.05) is 0 Å². The normalized spacial score (nSPS) is 9.60. The zero-order valence-corrected chi connectivity index (χ0v) is 8.19. The summed E-state index contributed by atoms with van der Waals surface area (Å²) in [6, 6.07) is 7.39. The second-order valence-electron chi connectivity index (χ2n) is 2.52. The van der Waals surface area contributed by atoms with E-state index in [4.69, 9.17) is 20.7 Å². The van der Waals surface area contributed by atoms with Gasteiger partial charge in [0.2, 0.25) is 5.30 Å². The topological polar surface area (TPSA) is 109 Å². The lowest BCUT2D eigenvalue weighted by Crippen LogP contribution is -2.02. The lowest BCUT2D eigenvalue weighted by Gasteiger charge is -1.95. The Kier molecular flexibility index (Phi) is 3.11. The average molecular weight is 216 g/mol. The van der Waals surface area contributed by atoms with Crippen molar-refractivity contribution in [2.45, 2.75) is 0 Å². The maximum absolute atomic E-state index is 10.8. The highest BCUT2D eigenvalue weighted by Crippen LogP contribution is 2.19. The molecule has 1 rings (SSSR count). The third-order valence-electron chi connectivity index (χ3n) is 1.70. The van der Waals surface area contributed by atoms with Crippen molar-refractivity contribution in [3.05, 3.63) is 28.8 Å². The first-order valence-corrected chi connectivity index (χ1v) is 4.89. The minimum absolute atomic E-state index is 0.0305. The first-order valence-electron chi connectivity index (χ1n) is 3.68. The zero-order chi connectivity index (χ0) is 11.4. The van der Waals surface area contributed by atoms with Gasteiger partial charge in [0.1, 0.15) is 18.2 Å². The minimum atomic E-state index is -2.62. The van der Waals surface area contributed by atoms with Crippen LogP contribution < -0.4 is 5.30 Å². The summed E-state index contributed by atoms with van der Waals surface area (Å²) in [4.78, 5) is 8.83. The van der Waals surface area contributed by atoms with E-state index < -0.39 is 8.03 Å². The lowest BCUT2D eigenvalue weighted by atomic mass is 10.0. The Morgan fingerprint density at radius 2 is 1.53 bits per heavy atom. The predicted molar refractivity (Wildman–Crippen MR) is 50.0 cm³/mol. The summed E-state index contributed by atoms with van der Waals surface area (Å²) in [5, 5.41) is 26.1. The van der Waals surface area contributed by atoms with E-state index in [0.717, 1.165) is 12.1 Å². The second kappa shape index (κ2) is 4.31. The Hall–Kier alpha value is -2.25. The largest absolute Gasteiger partial charge is 0.546 e. The molecule has 5 nitrogen and oxygen atoms in total. The van der Waals surface area contributed by atoms with Gasteiger partial charge in [0.15, 0.2) is 0 Å². The van der Waals surface area contributed by atoms with E-state index in [-0.39, 0.29) is 22.0 Å². The van der Waals surface area contributed by atoms with Crippen LogP contribution in [0.3, 0.4) is 0 Å². The Bertz CT molecular complexity index is 525. The van der Waals surface area contributed by atoms with Gasteiger partial charge in [-0.15, -0.1) is 0 Å². The third-order valence-corrected chi connectivity index (χ3v) is 2.40. The molecule has 0 spiro atoms. The van der Waals surface area contributed by atoms with E-state index in [1.54, 1.807) is 18.2 Å². The number of nitrogens with zero attached hydrogens (tertiary/aromatic N) is 3. The molecule has 0 saturated carbocycles. The number of hydrogen-bond acceptors (Lipinski definition) is 4. The molecule has 0 saturated heterocycles. The Morgan fingerprint density at radius 1 is 1.07 bits per heavy atom. The Balaban J connectivity index is 3.62. The molecule has 0 aliphatic carbocycles. The monoisotopic (exact) mass is 216 g/mol. The summed E-state index contributed by atoms with van der Waals surface area (Å²) < 4.78 is 10.8. The summed E-state index contributed by atoms with van der Waals surface area (Å²) in [6.07, 6.45) is 0. The van der Waals surface area contributed by atoms with Crippen LogP contribution in [0.1, 0.15) is 16.7 Å². The van der Waals surface area contributed by atoms with E-state index in [9.17, 15) is 4.57 Å². The fourth-order valence-electron chi connectivity index (χ4n) is 1.03. The highest BCUT2D eigenvalue weighted by Gasteiger charge is 2.21. The molecule has 0 bridgehead atoms. The summed E-state index contributed by atoms with van der Waals surface area (Å²) in [5.74, 6) is 0. The molecule has 1 N–H and O–H groups in total. The molecule has 0 radical (unpaired) electrons. The van der Waals surface area contributed by atoms with E-state index in [0.29, 0.717) is 0 Å². The number of hydrogen-bond donors (Lipinski definition) is 1. The van der Waals surface area contributed by atoms with Gasteiger partial charge in [-0.1, -0.05) is 0 Å². The highest BCUT2D eigenvalue weighted by atomic mass is 31.1. The fourth-order valence-corrected chi connectivity index (χ4v) is 1.51. The zero-order valence-electron chi connectivity index (χ0n) is 7.30. The van der Waals surface area contributed by atoms with Crippen LogP contribution in [-0.2, 0) is 4.57 Å². The first kappa shape index (κ1) is 10.8. The van der Waals surface area contributed by atoms with Crippen LogP contribution in [0.5, 0.6) is 0 Å². The number of rotatable bonds is 1. The average Bonchev–Trinajstić information content (AvgIpc) is 2.26. The second-order valence-corrected chi connectivity index (χ2v) is 3.59. The van der Waals surface area contributed by atoms with Crippen molar-refractivity contribution >= 4 is 13.3 Å². The van der Waals surface area contributed by atoms with Gasteiger partial charge in [-0.2, -0.15) is 20.7 Å². The van der Waals surface area contributed by atoms with E-state index >= 15 is 0 Å². The fraction of sp³-hybridized carbons (Fsp3) is 0. The van der Waals surface area contributed by atoms with Crippen LogP contribution in [0.25, 0.3) is 0 Å². The van der Waals surface area contributed by atoms with Crippen molar-refractivity contribution in [1.29, 1.82) is 15.8 Å². The van der Waals surface area contributed by atoms with Crippen molar-refractivity contribution in [2.75, 3.05) is 0 Å². The lowest BCUT2D eigenvalue weighted by molar-refractivity contribution is 0.513. The molecule has 1 aromatic rings. The molecule has 15 heavy (non-hydrogen) atoms. The molecule has 1 atom stereocenters. The van der Waals surface area contributed by atoms with Crippen molar-refractivity contribution in [2.24, 2.45) is 0 Å². The van der Waals surface area contributed by atoms with Crippen LogP contribution in [0.15, 0.2) is 12.1 Å². The molecule has 0 aromatic heterocycles. The van der Waals surface area contributed by atoms with Crippen molar-refractivity contribution in [3.63, 3.8) is 0 Å². The van der Waals surface area contributed by atoms with Gasteiger partial charge in [0, 0.05) is 12.1 Å². The van der Waals surface area contributed by atoms with Gasteiger partial charge in [0.25, 0.3) is 0 Å². The molecule has 1 unspecified atom stereocenters. The molecule has 0 aliphatic heterocycles. The number of nitriles is 3. The quantitative estimate of drug-likeness (QED) is 0.693. The molecule has 70 valence electrons. The van der Waals surface area contributed by atoms with Crippen LogP contribution in [0.2, 0.25) is 0 Å². The maximum atomic E-state index is 10.8. The Morgan fingerprint density at radius 3 is 1.80 bits per heavy atom. The van der Waals surface area contributed by atoms with E-state index in [1.165, 1.54) is 0 Å². The summed E-state index contributed by atoms with van der Waals surface area (Å²) in [6.45, 7) is 0. The summed E-state index contributed by atoms with van der Waals surface area (Å²) in [7, 11) is -2.62. The minimum Gasteiger partial charge on any atom is -0.192 e. The molecular weight excluding hydrogens is 213 g/mol. The van der Waals surface area contributed by atoms with Gasteiger partial charge in [0.05, 0.1) is 16.7 Å².